The quantitative estimate of drug-likeness (QED) is 0.0488. The highest BCUT2D eigenvalue weighted by Gasteiger charge is 2.03. The van der Waals surface area contributed by atoms with Crippen molar-refractivity contribution >= 4 is 5.97 Å². The Morgan fingerprint density at radius 2 is 0.642 bits per heavy atom. The average Bonchev–Trinajstić information content (AvgIpc) is 3.28. The maximum atomic E-state index is 10.5. The van der Waals surface area contributed by atoms with Gasteiger partial charge in [0, 0.05) is 6.42 Å². The summed E-state index contributed by atoms with van der Waals surface area (Å²) in [6.07, 6.45) is 75.6. The zero-order chi connectivity index (χ0) is 49.7. The van der Waals surface area contributed by atoms with Gasteiger partial charge in [-0.25, -0.2) is 0 Å². The van der Waals surface area contributed by atoms with Crippen molar-refractivity contribution in [3.05, 3.63) is 107 Å². The minimum Gasteiger partial charge on any atom is -0.481 e. The van der Waals surface area contributed by atoms with E-state index in [2.05, 4.69) is 141 Å². The Kier molecular flexibility index (Phi) is 53.4. The van der Waals surface area contributed by atoms with Gasteiger partial charge in [0.05, 0.1) is 0 Å². The molecule has 2 nitrogen and oxygen atoms in total. The molecule has 0 atom stereocenters. The molecule has 67 heavy (non-hydrogen) atoms. The summed E-state index contributed by atoms with van der Waals surface area (Å²) >= 11 is 0. The van der Waals surface area contributed by atoms with Crippen LogP contribution >= 0.6 is 0 Å². The Hall–Kier alpha value is -2.87. The SMILES string of the molecule is CC(C)=CCC/C(C)=C/CC/C(C)=C/CC/C(C)=C/CC/C(C)=C/CCC(=O)O.CCCCC/C=C\C/C=C\CCCCCCCCC(C)CCCCCCCC/C=C\C/C=C\CCCCC. The number of carboxylic acids is 1. The van der Waals surface area contributed by atoms with Crippen LogP contribution in [0.1, 0.15) is 293 Å². The molecule has 0 heterocycles. The second kappa shape index (κ2) is 54.1. The highest BCUT2D eigenvalue weighted by molar-refractivity contribution is 5.66. The number of unbranched alkanes of at least 4 members (excludes halogenated alkanes) is 18. The summed E-state index contributed by atoms with van der Waals surface area (Å²) in [5, 5.41) is 8.67. The molecule has 0 saturated carbocycles. The van der Waals surface area contributed by atoms with Gasteiger partial charge in [0.1, 0.15) is 0 Å². The predicted molar refractivity (Wildman–Crippen MR) is 305 cm³/mol. The van der Waals surface area contributed by atoms with Gasteiger partial charge in [-0.2, -0.15) is 0 Å². The van der Waals surface area contributed by atoms with E-state index < -0.39 is 5.97 Å². The van der Waals surface area contributed by atoms with E-state index in [0.717, 1.165) is 63.7 Å². The van der Waals surface area contributed by atoms with Gasteiger partial charge in [0.15, 0.2) is 0 Å². The van der Waals surface area contributed by atoms with Crippen LogP contribution in [-0.4, -0.2) is 11.1 Å². The minimum absolute atomic E-state index is 0.225. The minimum atomic E-state index is -0.723. The lowest BCUT2D eigenvalue weighted by Gasteiger charge is -2.11. The van der Waals surface area contributed by atoms with Crippen molar-refractivity contribution < 1.29 is 9.90 Å². The van der Waals surface area contributed by atoms with Crippen LogP contribution in [-0.2, 0) is 4.79 Å². The van der Waals surface area contributed by atoms with E-state index in [1.807, 2.05) is 0 Å². The first-order valence-electron chi connectivity index (χ1n) is 28.6. The third kappa shape index (κ3) is 59.2. The largest absolute Gasteiger partial charge is 0.481 e. The number of aliphatic carboxylic acids is 1. The highest BCUT2D eigenvalue weighted by atomic mass is 16.4. The fourth-order valence-corrected chi connectivity index (χ4v) is 8.18. The molecule has 0 spiro atoms. The molecule has 0 aliphatic heterocycles. The molecule has 2 heteroatoms. The maximum absolute atomic E-state index is 10.5. The number of hydrogen-bond donors (Lipinski definition) is 1. The molecule has 386 valence electrons. The van der Waals surface area contributed by atoms with E-state index in [9.17, 15) is 4.79 Å². The highest BCUT2D eigenvalue weighted by Crippen LogP contribution is 2.20. The third-order valence-electron chi connectivity index (χ3n) is 12.8. The molecule has 1 N–H and O–H groups in total. The summed E-state index contributed by atoms with van der Waals surface area (Å²) < 4.78 is 0. The van der Waals surface area contributed by atoms with E-state index in [4.69, 9.17) is 5.11 Å². The Balaban J connectivity index is 0. The lowest BCUT2D eigenvalue weighted by molar-refractivity contribution is -0.136. The lowest BCUT2D eigenvalue weighted by Crippen LogP contribution is -1.95. The van der Waals surface area contributed by atoms with Crippen LogP contribution in [0.4, 0.5) is 0 Å². The molecule has 0 fully saturated rings. The fraction of sp³-hybridized carbons (Fsp3) is 0.708. The van der Waals surface area contributed by atoms with Gasteiger partial charge < -0.3 is 5.11 Å². The molecule has 0 amide bonds. The van der Waals surface area contributed by atoms with Gasteiger partial charge in [-0.3, -0.25) is 4.79 Å². The number of carboxylic acid groups (broad SMARTS) is 1. The zero-order valence-electron chi connectivity index (χ0n) is 46.4. The van der Waals surface area contributed by atoms with E-state index >= 15 is 0 Å². The number of rotatable bonds is 45. The standard InChI is InChI=1S/C38H70.C27H44O2/c1-4-6-8-10-12-14-16-18-20-22-24-26-28-30-32-34-36-38(3)37-35-33-31-29-27-25-23-21-19-17-15-13-11-9-7-5-2;1-22(2)12-7-13-23(3)14-8-15-24(4)16-9-17-25(5)18-10-19-26(6)20-11-21-27(28)29/h12-15,18-21,38H,4-11,16-17,22-37H2,1-3H3;12,14,16,18,20H,7-11,13,15,17,19,21H2,1-6H3,(H,28,29)/b14-12-,15-13-,20-18-,21-19-;23-14+,24-16+,25-18+,26-20+. The first-order valence-corrected chi connectivity index (χ1v) is 28.6. The number of hydrogen-bond acceptors (Lipinski definition) is 1. The van der Waals surface area contributed by atoms with E-state index in [0.29, 0.717) is 6.42 Å². The smallest absolute Gasteiger partial charge is 0.303 e. The Morgan fingerprint density at radius 1 is 0.358 bits per heavy atom. The van der Waals surface area contributed by atoms with Gasteiger partial charge in [-0.15, -0.1) is 0 Å². The van der Waals surface area contributed by atoms with Crippen molar-refractivity contribution in [2.75, 3.05) is 0 Å². The summed E-state index contributed by atoms with van der Waals surface area (Å²) in [5.41, 5.74) is 7.13. The molecule has 0 bridgehead atoms. The van der Waals surface area contributed by atoms with Crippen molar-refractivity contribution in [3.8, 4) is 0 Å². The molecule has 0 aromatic heterocycles. The summed E-state index contributed by atoms with van der Waals surface area (Å²) in [5.74, 6) is 0.213. The summed E-state index contributed by atoms with van der Waals surface area (Å²) in [6, 6.07) is 0. The van der Waals surface area contributed by atoms with Gasteiger partial charge in [-0.05, 0) is 169 Å². The molecular weight excluding hydrogens is 813 g/mol. The van der Waals surface area contributed by atoms with Crippen LogP contribution < -0.4 is 0 Å². The Labute approximate surface area is 420 Å². The van der Waals surface area contributed by atoms with E-state index in [-0.39, 0.29) is 6.42 Å². The van der Waals surface area contributed by atoms with Crippen LogP contribution in [0.3, 0.4) is 0 Å². The molecule has 0 radical (unpaired) electrons. The van der Waals surface area contributed by atoms with Crippen LogP contribution in [0.5, 0.6) is 0 Å². The average molecular weight is 928 g/mol. The van der Waals surface area contributed by atoms with Crippen molar-refractivity contribution in [1.82, 2.24) is 0 Å². The summed E-state index contributed by atoms with van der Waals surface area (Å²) in [7, 11) is 0. The molecule has 0 aliphatic carbocycles. The first kappa shape index (κ1) is 66.2. The molecular formula is C65H114O2. The Morgan fingerprint density at radius 3 is 0.955 bits per heavy atom. The van der Waals surface area contributed by atoms with Gasteiger partial charge >= 0.3 is 5.97 Å². The summed E-state index contributed by atoms with van der Waals surface area (Å²) in [4.78, 5) is 10.5. The van der Waals surface area contributed by atoms with Crippen molar-refractivity contribution in [2.45, 2.75) is 293 Å². The molecule has 0 unspecified atom stereocenters. The van der Waals surface area contributed by atoms with Crippen LogP contribution in [0, 0.1) is 5.92 Å². The molecule has 0 aromatic rings. The number of carbonyl (C=O) groups is 1. The van der Waals surface area contributed by atoms with Gasteiger partial charge in [-0.1, -0.05) is 230 Å². The van der Waals surface area contributed by atoms with Crippen molar-refractivity contribution in [3.63, 3.8) is 0 Å². The second-order valence-corrected chi connectivity index (χ2v) is 20.4. The number of allylic oxidation sites excluding steroid dienone is 18. The lowest BCUT2D eigenvalue weighted by atomic mass is 9.96. The molecule has 0 saturated heterocycles. The molecule has 0 rings (SSSR count). The van der Waals surface area contributed by atoms with Crippen molar-refractivity contribution in [1.29, 1.82) is 0 Å². The Bertz CT molecular complexity index is 1320. The van der Waals surface area contributed by atoms with E-state index in [1.165, 1.54) is 188 Å². The fourth-order valence-electron chi connectivity index (χ4n) is 8.18. The monoisotopic (exact) mass is 927 g/mol. The van der Waals surface area contributed by atoms with E-state index in [1.54, 1.807) is 0 Å². The predicted octanol–water partition coefficient (Wildman–Crippen LogP) is 22.8. The normalized spacial score (nSPS) is 13.0. The van der Waals surface area contributed by atoms with Crippen LogP contribution in [0.15, 0.2) is 107 Å². The third-order valence-corrected chi connectivity index (χ3v) is 12.8. The van der Waals surface area contributed by atoms with Gasteiger partial charge in [0.2, 0.25) is 0 Å². The van der Waals surface area contributed by atoms with Crippen LogP contribution in [0.2, 0.25) is 0 Å². The van der Waals surface area contributed by atoms with Crippen LogP contribution in [0.25, 0.3) is 0 Å². The summed E-state index contributed by atoms with van der Waals surface area (Å²) in [6.45, 7) is 20.1. The second-order valence-electron chi connectivity index (χ2n) is 20.4. The first-order chi connectivity index (χ1) is 32.5. The van der Waals surface area contributed by atoms with Gasteiger partial charge in [0.25, 0.3) is 0 Å². The topological polar surface area (TPSA) is 37.3 Å². The zero-order valence-corrected chi connectivity index (χ0v) is 46.4. The molecule has 0 aliphatic rings. The molecule has 0 aromatic carbocycles. The van der Waals surface area contributed by atoms with Crippen molar-refractivity contribution in [2.24, 2.45) is 5.92 Å². The maximum Gasteiger partial charge on any atom is 0.303 e.